The van der Waals surface area contributed by atoms with E-state index in [1.54, 1.807) is 4.68 Å². The van der Waals surface area contributed by atoms with Crippen LogP contribution in [0.5, 0.6) is 0 Å². The first kappa shape index (κ1) is 15.9. The first-order valence-corrected chi connectivity index (χ1v) is 7.22. The zero-order valence-electron chi connectivity index (χ0n) is 11.9. The van der Waals surface area contributed by atoms with Crippen LogP contribution in [-0.4, -0.2) is 14.9 Å². The molecule has 6 heteroatoms. The highest BCUT2D eigenvalue weighted by Crippen LogP contribution is 2.28. The molecule has 1 heterocycles. The summed E-state index contributed by atoms with van der Waals surface area (Å²) in [5, 5.41) is 15.1. The fraction of sp³-hybridized carbons (Fsp3) is 0.400. The van der Waals surface area contributed by atoms with Gasteiger partial charge >= 0.3 is 0 Å². The lowest BCUT2D eigenvalue weighted by Crippen LogP contribution is -2.10. The van der Waals surface area contributed by atoms with Crippen molar-refractivity contribution in [2.45, 2.75) is 39.3 Å². The van der Waals surface area contributed by atoms with Gasteiger partial charge in [-0.15, -0.1) is 0 Å². The van der Waals surface area contributed by atoms with E-state index in [1.807, 2.05) is 13.8 Å². The molecular formula is C15H17ClF2N2O. The molecule has 2 aromatic rings. The van der Waals surface area contributed by atoms with Crippen LogP contribution in [0.1, 0.15) is 36.9 Å². The highest BCUT2D eigenvalue weighted by Gasteiger charge is 2.20. The molecule has 1 aromatic carbocycles. The van der Waals surface area contributed by atoms with Gasteiger partial charge in [-0.05, 0) is 19.4 Å². The summed E-state index contributed by atoms with van der Waals surface area (Å²) in [7, 11) is 0. The van der Waals surface area contributed by atoms with Gasteiger partial charge in [0.25, 0.3) is 0 Å². The van der Waals surface area contributed by atoms with E-state index in [0.29, 0.717) is 23.7 Å². The van der Waals surface area contributed by atoms with Gasteiger partial charge in [-0.1, -0.05) is 24.6 Å². The number of benzene rings is 1. The molecule has 0 aliphatic rings. The first-order chi connectivity index (χ1) is 9.97. The smallest absolute Gasteiger partial charge is 0.131 e. The summed E-state index contributed by atoms with van der Waals surface area (Å²) in [4.78, 5) is 0. The van der Waals surface area contributed by atoms with Gasteiger partial charge in [0.2, 0.25) is 0 Å². The van der Waals surface area contributed by atoms with Crippen LogP contribution in [-0.2, 0) is 19.4 Å². The summed E-state index contributed by atoms with van der Waals surface area (Å²) in [6.07, 6.45) is -0.294. The van der Waals surface area contributed by atoms with Gasteiger partial charge in [0.1, 0.15) is 11.6 Å². The minimum atomic E-state index is -1.10. The van der Waals surface area contributed by atoms with Crippen molar-refractivity contribution in [2.75, 3.05) is 0 Å². The number of aryl methyl sites for hydroxylation is 2. The monoisotopic (exact) mass is 314 g/mol. The molecule has 0 saturated carbocycles. The number of hydrogen-bond donors (Lipinski definition) is 1. The third-order valence-corrected chi connectivity index (χ3v) is 3.84. The SMILES string of the molecule is CCc1nn(CC)c(CC(O)c2ccc(F)cc2F)c1Cl. The maximum atomic E-state index is 13.7. The predicted octanol–water partition coefficient (Wildman–Crippen LogP) is 3.67. The fourth-order valence-corrected chi connectivity index (χ4v) is 2.62. The molecule has 0 aliphatic heterocycles. The van der Waals surface area contributed by atoms with Crippen LogP contribution in [0.4, 0.5) is 8.78 Å². The molecule has 21 heavy (non-hydrogen) atoms. The maximum Gasteiger partial charge on any atom is 0.131 e. The van der Waals surface area contributed by atoms with Crippen molar-refractivity contribution in [1.82, 2.24) is 9.78 Å². The highest BCUT2D eigenvalue weighted by atomic mass is 35.5. The molecule has 0 aliphatic carbocycles. The van der Waals surface area contributed by atoms with Crippen molar-refractivity contribution in [3.8, 4) is 0 Å². The van der Waals surface area contributed by atoms with Crippen molar-refractivity contribution in [1.29, 1.82) is 0 Å². The molecule has 3 nitrogen and oxygen atoms in total. The number of aliphatic hydroxyl groups excluding tert-OH is 1. The van der Waals surface area contributed by atoms with Crippen molar-refractivity contribution in [3.05, 3.63) is 51.8 Å². The minimum absolute atomic E-state index is 0.0503. The highest BCUT2D eigenvalue weighted by molar-refractivity contribution is 6.31. The largest absolute Gasteiger partial charge is 0.388 e. The van der Waals surface area contributed by atoms with Crippen molar-refractivity contribution < 1.29 is 13.9 Å². The molecule has 2 rings (SSSR count). The number of rotatable bonds is 5. The molecule has 0 spiro atoms. The molecule has 0 radical (unpaired) electrons. The molecule has 0 bridgehead atoms. The van der Waals surface area contributed by atoms with Gasteiger partial charge in [0.15, 0.2) is 0 Å². The Bertz CT molecular complexity index is 643. The Balaban J connectivity index is 2.31. The van der Waals surface area contributed by atoms with Gasteiger partial charge in [0, 0.05) is 24.6 Å². The number of aromatic nitrogens is 2. The molecule has 1 N–H and O–H groups in total. The second kappa shape index (κ2) is 6.54. The molecule has 0 amide bonds. The van der Waals surface area contributed by atoms with Gasteiger partial charge in [-0.3, -0.25) is 4.68 Å². The number of hydrogen-bond acceptors (Lipinski definition) is 2. The molecule has 1 unspecified atom stereocenters. The summed E-state index contributed by atoms with van der Waals surface area (Å²) in [6, 6.07) is 3.13. The second-order valence-electron chi connectivity index (χ2n) is 4.76. The van der Waals surface area contributed by atoms with E-state index >= 15 is 0 Å². The van der Waals surface area contributed by atoms with Crippen LogP contribution in [0.3, 0.4) is 0 Å². The molecular weight excluding hydrogens is 298 g/mol. The van der Waals surface area contributed by atoms with Gasteiger partial charge in [-0.25, -0.2) is 8.78 Å². The van der Waals surface area contributed by atoms with E-state index in [0.717, 1.165) is 17.8 Å². The molecule has 1 atom stereocenters. The Hall–Kier alpha value is -1.46. The third-order valence-electron chi connectivity index (χ3n) is 3.40. The lowest BCUT2D eigenvalue weighted by Gasteiger charge is -2.13. The van der Waals surface area contributed by atoms with Crippen LogP contribution in [0.2, 0.25) is 5.02 Å². The van der Waals surface area contributed by atoms with E-state index in [-0.39, 0.29) is 12.0 Å². The number of nitrogens with zero attached hydrogens (tertiary/aromatic N) is 2. The van der Waals surface area contributed by atoms with Crippen molar-refractivity contribution in [3.63, 3.8) is 0 Å². The average molecular weight is 315 g/mol. The Morgan fingerprint density at radius 3 is 2.62 bits per heavy atom. The zero-order chi connectivity index (χ0) is 15.6. The Labute approximate surface area is 127 Å². The average Bonchev–Trinajstić information content (AvgIpc) is 2.75. The van der Waals surface area contributed by atoms with Gasteiger partial charge in [0.05, 0.1) is 22.5 Å². The van der Waals surface area contributed by atoms with Crippen molar-refractivity contribution >= 4 is 11.6 Å². The van der Waals surface area contributed by atoms with E-state index in [1.165, 1.54) is 6.07 Å². The van der Waals surface area contributed by atoms with E-state index in [9.17, 15) is 13.9 Å². The maximum absolute atomic E-state index is 13.7. The molecule has 114 valence electrons. The topological polar surface area (TPSA) is 38.0 Å². The Morgan fingerprint density at radius 1 is 1.33 bits per heavy atom. The summed E-state index contributed by atoms with van der Waals surface area (Å²) in [5.41, 5.74) is 1.46. The number of aliphatic hydroxyl groups is 1. The van der Waals surface area contributed by atoms with Crippen LogP contribution >= 0.6 is 11.6 Å². The van der Waals surface area contributed by atoms with Crippen molar-refractivity contribution in [2.24, 2.45) is 0 Å². The summed E-state index contributed by atoms with van der Waals surface area (Å²) in [5.74, 6) is -1.44. The molecule has 0 saturated heterocycles. The summed E-state index contributed by atoms with van der Waals surface area (Å²) < 4.78 is 28.3. The van der Waals surface area contributed by atoms with E-state index in [2.05, 4.69) is 5.10 Å². The standard InChI is InChI=1S/C15H17ClF2N2O/c1-3-12-15(16)13(20(4-2)19-12)8-14(21)10-6-5-9(17)7-11(10)18/h5-7,14,21H,3-4,8H2,1-2H3. The number of halogens is 3. The lowest BCUT2D eigenvalue weighted by molar-refractivity contribution is 0.170. The van der Waals surface area contributed by atoms with Crippen LogP contribution < -0.4 is 0 Å². The Kier molecular flexibility index (Phi) is 4.96. The third kappa shape index (κ3) is 3.24. The molecule has 0 fully saturated rings. The Morgan fingerprint density at radius 2 is 2.05 bits per heavy atom. The van der Waals surface area contributed by atoms with Gasteiger partial charge < -0.3 is 5.11 Å². The predicted molar refractivity (Wildman–Crippen MR) is 77.3 cm³/mol. The van der Waals surface area contributed by atoms with E-state index < -0.39 is 17.7 Å². The van der Waals surface area contributed by atoms with Gasteiger partial charge in [-0.2, -0.15) is 5.10 Å². The van der Waals surface area contributed by atoms with Crippen LogP contribution in [0, 0.1) is 11.6 Å². The summed E-state index contributed by atoms with van der Waals surface area (Å²) >= 11 is 6.26. The first-order valence-electron chi connectivity index (χ1n) is 6.84. The quantitative estimate of drug-likeness (QED) is 0.914. The second-order valence-corrected chi connectivity index (χ2v) is 5.14. The molecule has 1 aromatic heterocycles. The van der Waals surface area contributed by atoms with Crippen LogP contribution in [0.15, 0.2) is 18.2 Å². The minimum Gasteiger partial charge on any atom is -0.388 e. The summed E-state index contributed by atoms with van der Waals surface area (Å²) in [6.45, 7) is 4.46. The normalized spacial score (nSPS) is 12.7. The fourth-order valence-electron chi connectivity index (χ4n) is 2.28. The lowest BCUT2D eigenvalue weighted by atomic mass is 10.0. The zero-order valence-corrected chi connectivity index (χ0v) is 12.7. The van der Waals surface area contributed by atoms with E-state index in [4.69, 9.17) is 11.6 Å². The van der Waals surface area contributed by atoms with Crippen LogP contribution in [0.25, 0.3) is 0 Å².